The second-order valence-electron chi connectivity index (χ2n) is 8.26. The molecule has 0 saturated carbocycles. The van der Waals surface area contributed by atoms with Crippen LogP contribution in [0.2, 0.25) is 0 Å². The fourth-order valence-electron chi connectivity index (χ4n) is 4.61. The van der Waals surface area contributed by atoms with Crippen molar-refractivity contribution in [2.75, 3.05) is 11.4 Å². The molecule has 0 saturated heterocycles. The second kappa shape index (κ2) is 8.09. The van der Waals surface area contributed by atoms with Crippen molar-refractivity contribution in [2.45, 2.75) is 0 Å². The summed E-state index contributed by atoms with van der Waals surface area (Å²) in [5, 5.41) is 4.44. The summed E-state index contributed by atoms with van der Waals surface area (Å²) in [4.78, 5) is 25.2. The van der Waals surface area contributed by atoms with Gasteiger partial charge < -0.3 is 4.90 Å². The van der Waals surface area contributed by atoms with Crippen LogP contribution in [0.25, 0.3) is 43.6 Å². The second-order valence-corrected chi connectivity index (χ2v) is 8.26. The van der Waals surface area contributed by atoms with Crippen LogP contribution in [0.15, 0.2) is 110 Å². The van der Waals surface area contributed by atoms with Gasteiger partial charge in [-0.1, -0.05) is 72.8 Å². The minimum atomic E-state index is -0.0988. The van der Waals surface area contributed by atoms with Crippen LogP contribution in [0.3, 0.4) is 0 Å². The average molecular weight is 440 g/mol. The van der Waals surface area contributed by atoms with E-state index < -0.39 is 0 Å². The van der Waals surface area contributed by atoms with Crippen LogP contribution in [-0.2, 0) is 0 Å². The van der Waals surface area contributed by atoms with Crippen LogP contribution in [0, 0.1) is 0 Å². The molecule has 34 heavy (non-hydrogen) atoms. The summed E-state index contributed by atoms with van der Waals surface area (Å²) < 4.78 is 0. The molecule has 5 aromatic carbocycles. The van der Waals surface area contributed by atoms with Gasteiger partial charge in [0.2, 0.25) is 0 Å². The molecule has 1 aromatic heterocycles. The number of para-hydroxylation sites is 1. The van der Waals surface area contributed by atoms with Crippen LogP contribution >= 0.6 is 0 Å². The Hall–Kier alpha value is -4.57. The zero-order valence-corrected chi connectivity index (χ0v) is 18.5. The molecule has 0 aliphatic rings. The van der Waals surface area contributed by atoms with E-state index in [1.165, 1.54) is 0 Å². The lowest BCUT2D eigenvalue weighted by atomic mass is 9.99. The molecule has 1 amide bonds. The standard InChI is InChI=1S/C30H21N3O/c1-2-18-33(21-10-4-3-5-11-21)30(34)20-16-17-26-27(19-20)32-29-25-15-9-7-13-23(25)22-12-6-8-14-24(22)28(29)31-26/h2-17,19H,1,18H2. The molecule has 0 unspecified atom stereocenters. The summed E-state index contributed by atoms with van der Waals surface area (Å²) >= 11 is 0. The van der Waals surface area contributed by atoms with E-state index in [1.807, 2.05) is 66.7 Å². The molecule has 0 spiro atoms. The van der Waals surface area contributed by atoms with Crippen LogP contribution in [0.5, 0.6) is 0 Å². The summed E-state index contributed by atoms with van der Waals surface area (Å²) in [6.07, 6.45) is 1.73. The lowest BCUT2D eigenvalue weighted by Crippen LogP contribution is -2.31. The van der Waals surface area contributed by atoms with Crippen molar-refractivity contribution in [3.63, 3.8) is 0 Å². The van der Waals surface area contributed by atoms with Crippen molar-refractivity contribution in [3.05, 3.63) is 115 Å². The minimum absolute atomic E-state index is 0.0988. The molecule has 4 nitrogen and oxygen atoms in total. The number of hydrogen-bond acceptors (Lipinski definition) is 3. The molecule has 0 bridgehead atoms. The molecule has 6 rings (SSSR count). The van der Waals surface area contributed by atoms with Gasteiger partial charge in [-0.3, -0.25) is 4.79 Å². The van der Waals surface area contributed by atoms with E-state index in [0.717, 1.165) is 43.8 Å². The fraction of sp³-hybridized carbons (Fsp3) is 0.0333. The normalized spacial score (nSPS) is 11.3. The minimum Gasteiger partial charge on any atom is -0.305 e. The Morgan fingerprint density at radius 2 is 1.26 bits per heavy atom. The summed E-state index contributed by atoms with van der Waals surface area (Å²) in [6.45, 7) is 4.24. The Morgan fingerprint density at radius 3 is 1.88 bits per heavy atom. The summed E-state index contributed by atoms with van der Waals surface area (Å²) in [5.74, 6) is -0.0988. The predicted octanol–water partition coefficient (Wildman–Crippen LogP) is 6.92. The monoisotopic (exact) mass is 439 g/mol. The van der Waals surface area contributed by atoms with E-state index >= 15 is 0 Å². The molecule has 0 aliphatic heterocycles. The summed E-state index contributed by atoms with van der Waals surface area (Å²) in [5.41, 5.74) is 4.58. The van der Waals surface area contributed by atoms with Crippen molar-refractivity contribution in [2.24, 2.45) is 0 Å². The van der Waals surface area contributed by atoms with Gasteiger partial charge in [-0.25, -0.2) is 9.97 Å². The molecule has 0 radical (unpaired) electrons. The SMILES string of the molecule is C=CCN(C(=O)c1ccc2nc3c4ccccc4c4ccccc4c3nc2c1)c1ccccc1. The van der Waals surface area contributed by atoms with E-state index in [9.17, 15) is 4.79 Å². The number of aromatic nitrogens is 2. The highest BCUT2D eigenvalue weighted by molar-refractivity contribution is 6.23. The number of hydrogen-bond donors (Lipinski definition) is 0. The maximum atomic E-state index is 13.5. The van der Waals surface area contributed by atoms with E-state index in [0.29, 0.717) is 17.6 Å². The highest BCUT2D eigenvalue weighted by atomic mass is 16.2. The van der Waals surface area contributed by atoms with Gasteiger partial charge in [0.05, 0.1) is 22.1 Å². The first-order valence-corrected chi connectivity index (χ1v) is 11.2. The smallest absolute Gasteiger partial charge is 0.258 e. The third-order valence-electron chi connectivity index (χ3n) is 6.19. The van der Waals surface area contributed by atoms with Gasteiger partial charge >= 0.3 is 0 Å². The molecule has 0 aliphatic carbocycles. The number of carbonyl (C=O) groups is 1. The first kappa shape index (κ1) is 20.1. The van der Waals surface area contributed by atoms with Crippen molar-refractivity contribution in [3.8, 4) is 0 Å². The third kappa shape index (κ3) is 3.20. The summed E-state index contributed by atoms with van der Waals surface area (Å²) in [6, 6.07) is 31.8. The lowest BCUT2D eigenvalue weighted by molar-refractivity contribution is 0.0990. The Kier molecular flexibility index (Phi) is 4.77. The van der Waals surface area contributed by atoms with Gasteiger partial charge in [-0.15, -0.1) is 6.58 Å². The molecule has 0 atom stereocenters. The van der Waals surface area contributed by atoms with Crippen LogP contribution in [0.4, 0.5) is 5.69 Å². The van der Waals surface area contributed by atoms with Gasteiger partial charge in [0.15, 0.2) is 0 Å². The predicted molar refractivity (Wildman–Crippen MR) is 140 cm³/mol. The van der Waals surface area contributed by atoms with E-state index in [1.54, 1.807) is 11.0 Å². The third-order valence-corrected chi connectivity index (χ3v) is 6.19. The highest BCUT2D eigenvalue weighted by Crippen LogP contribution is 2.34. The van der Waals surface area contributed by atoms with Crippen LogP contribution in [0.1, 0.15) is 10.4 Å². The van der Waals surface area contributed by atoms with Gasteiger partial charge in [0.1, 0.15) is 0 Å². The van der Waals surface area contributed by atoms with Gasteiger partial charge in [0.25, 0.3) is 5.91 Å². The van der Waals surface area contributed by atoms with Crippen molar-refractivity contribution in [1.29, 1.82) is 0 Å². The zero-order valence-electron chi connectivity index (χ0n) is 18.5. The average Bonchev–Trinajstić information content (AvgIpc) is 2.91. The number of fused-ring (bicyclic) bond motifs is 7. The van der Waals surface area contributed by atoms with Gasteiger partial charge in [-0.05, 0) is 41.1 Å². The lowest BCUT2D eigenvalue weighted by Gasteiger charge is -2.21. The van der Waals surface area contributed by atoms with E-state index in [4.69, 9.17) is 9.97 Å². The zero-order chi connectivity index (χ0) is 23.1. The van der Waals surface area contributed by atoms with Gasteiger partial charge in [0, 0.05) is 28.6 Å². The molecule has 1 heterocycles. The number of anilines is 1. The highest BCUT2D eigenvalue weighted by Gasteiger charge is 2.18. The molecular formula is C30H21N3O. The first-order valence-electron chi connectivity index (χ1n) is 11.2. The Balaban J connectivity index is 1.56. The van der Waals surface area contributed by atoms with E-state index in [-0.39, 0.29) is 5.91 Å². The molecule has 162 valence electrons. The Morgan fingerprint density at radius 1 is 0.706 bits per heavy atom. The quantitative estimate of drug-likeness (QED) is 0.170. The molecular weight excluding hydrogens is 418 g/mol. The maximum Gasteiger partial charge on any atom is 0.258 e. The van der Waals surface area contributed by atoms with Crippen molar-refractivity contribution >= 4 is 55.2 Å². The molecule has 0 fully saturated rings. The topological polar surface area (TPSA) is 46.1 Å². The number of amides is 1. The first-order chi connectivity index (χ1) is 16.7. The fourth-order valence-corrected chi connectivity index (χ4v) is 4.61. The molecule has 0 N–H and O–H groups in total. The van der Waals surface area contributed by atoms with Crippen LogP contribution in [-0.4, -0.2) is 22.4 Å². The number of rotatable bonds is 4. The maximum absolute atomic E-state index is 13.5. The summed E-state index contributed by atoms with van der Waals surface area (Å²) in [7, 11) is 0. The largest absolute Gasteiger partial charge is 0.305 e. The number of carbonyl (C=O) groups excluding carboxylic acids is 1. The van der Waals surface area contributed by atoms with Crippen molar-refractivity contribution < 1.29 is 4.79 Å². The Bertz CT molecular complexity index is 1720. The molecule has 6 aromatic rings. The van der Waals surface area contributed by atoms with E-state index in [2.05, 4.69) is 36.9 Å². The number of nitrogens with zero attached hydrogens (tertiary/aromatic N) is 3. The van der Waals surface area contributed by atoms with Gasteiger partial charge in [-0.2, -0.15) is 0 Å². The Labute approximate surface area is 196 Å². The van der Waals surface area contributed by atoms with Crippen LogP contribution < -0.4 is 4.90 Å². The number of benzene rings is 5. The van der Waals surface area contributed by atoms with Crippen molar-refractivity contribution in [1.82, 2.24) is 9.97 Å². The molecule has 4 heteroatoms.